The topological polar surface area (TPSA) is 61.0 Å². The van der Waals surface area contributed by atoms with Crippen LogP contribution in [0.3, 0.4) is 0 Å². The molecule has 0 atom stereocenters. The van der Waals surface area contributed by atoms with Crippen LogP contribution >= 0.6 is 11.6 Å². The van der Waals surface area contributed by atoms with Crippen molar-refractivity contribution >= 4 is 17.5 Å². The molecular formula is C20H21ClN4O. The third-order valence-electron chi connectivity index (χ3n) is 6.58. The number of pyridine rings is 1. The van der Waals surface area contributed by atoms with Crippen molar-refractivity contribution in [3.05, 3.63) is 39.8 Å². The van der Waals surface area contributed by atoms with E-state index in [0.717, 1.165) is 66.5 Å². The molecule has 4 heterocycles. The molecule has 5 nitrogen and oxygen atoms in total. The maximum atomic E-state index is 12.7. The molecular weight excluding hydrogens is 348 g/mol. The van der Waals surface area contributed by atoms with Gasteiger partial charge in [-0.2, -0.15) is 0 Å². The molecule has 1 saturated heterocycles. The number of nitrogens with zero attached hydrogens (tertiary/aromatic N) is 2. The summed E-state index contributed by atoms with van der Waals surface area (Å²) in [5.74, 6) is 0.982. The number of likely N-dealkylation sites (tertiary alicyclic amines) is 1. The van der Waals surface area contributed by atoms with Crippen molar-refractivity contribution in [2.24, 2.45) is 5.92 Å². The molecule has 2 aromatic heterocycles. The van der Waals surface area contributed by atoms with Crippen molar-refractivity contribution in [2.75, 3.05) is 26.2 Å². The molecule has 4 aliphatic rings. The van der Waals surface area contributed by atoms with Crippen molar-refractivity contribution in [3.63, 3.8) is 0 Å². The lowest BCUT2D eigenvalue weighted by molar-refractivity contribution is 0.0481. The van der Waals surface area contributed by atoms with Gasteiger partial charge in [-0.3, -0.25) is 4.79 Å². The minimum absolute atomic E-state index is 0.0481. The number of carbonyl (C=O) groups excluding carboxylic acids is 1. The number of aromatic nitrogens is 2. The van der Waals surface area contributed by atoms with E-state index in [9.17, 15) is 4.79 Å². The first kappa shape index (κ1) is 15.2. The maximum absolute atomic E-state index is 12.7. The molecule has 2 aliphatic heterocycles. The van der Waals surface area contributed by atoms with Crippen molar-refractivity contribution in [1.82, 2.24) is 20.2 Å². The number of hydrogen-bond donors (Lipinski definition) is 2. The number of halogens is 1. The second kappa shape index (κ2) is 5.11. The molecule has 2 N–H and O–H groups in total. The summed E-state index contributed by atoms with van der Waals surface area (Å²) in [4.78, 5) is 23.2. The lowest BCUT2D eigenvalue weighted by atomic mass is 9.72. The van der Waals surface area contributed by atoms with E-state index >= 15 is 0 Å². The minimum Gasteiger partial charge on any atom is -0.357 e. The summed E-state index contributed by atoms with van der Waals surface area (Å²) in [6.07, 6.45) is 6.43. The van der Waals surface area contributed by atoms with E-state index in [1.54, 1.807) is 0 Å². The summed E-state index contributed by atoms with van der Waals surface area (Å²) in [6, 6.07) is 1.93. The van der Waals surface area contributed by atoms with Gasteiger partial charge in [0.25, 0.3) is 5.91 Å². The molecule has 6 heteroatoms. The Morgan fingerprint density at radius 3 is 2.96 bits per heavy atom. The molecule has 1 amide bonds. The summed E-state index contributed by atoms with van der Waals surface area (Å²) in [6.45, 7) is 4.04. The molecule has 1 spiro atoms. The third kappa shape index (κ3) is 2.07. The van der Waals surface area contributed by atoms with Gasteiger partial charge in [0.05, 0.1) is 16.7 Å². The maximum Gasteiger partial charge on any atom is 0.253 e. The van der Waals surface area contributed by atoms with Crippen LogP contribution in [0.15, 0.2) is 12.3 Å². The van der Waals surface area contributed by atoms with Crippen LogP contribution in [-0.4, -0.2) is 47.0 Å². The zero-order valence-corrected chi connectivity index (χ0v) is 15.3. The van der Waals surface area contributed by atoms with Crippen LogP contribution in [0.2, 0.25) is 5.15 Å². The average Bonchev–Trinajstić information content (AvgIpc) is 3.32. The molecule has 0 unspecified atom stereocenters. The van der Waals surface area contributed by atoms with Gasteiger partial charge in [-0.1, -0.05) is 11.6 Å². The van der Waals surface area contributed by atoms with Gasteiger partial charge in [0.15, 0.2) is 0 Å². The SMILES string of the molecule is O=C1NCC2(CN(CC3CC3)C2)c2[nH]c3c(c21)CCc1cnc(Cl)cc1-3. The predicted octanol–water partition coefficient (Wildman–Crippen LogP) is 2.54. The predicted molar refractivity (Wildman–Crippen MR) is 99.6 cm³/mol. The number of nitrogens with one attached hydrogen (secondary N) is 2. The summed E-state index contributed by atoms with van der Waals surface area (Å²) in [5, 5.41) is 3.67. The van der Waals surface area contributed by atoms with E-state index in [2.05, 4.69) is 20.2 Å². The Bertz CT molecular complexity index is 940. The molecule has 134 valence electrons. The van der Waals surface area contributed by atoms with Crippen LogP contribution < -0.4 is 5.32 Å². The molecule has 26 heavy (non-hydrogen) atoms. The van der Waals surface area contributed by atoms with Crippen molar-refractivity contribution in [3.8, 4) is 11.3 Å². The van der Waals surface area contributed by atoms with Gasteiger partial charge in [0.1, 0.15) is 5.15 Å². The first-order chi connectivity index (χ1) is 12.6. The van der Waals surface area contributed by atoms with Gasteiger partial charge in [-0.15, -0.1) is 0 Å². The highest BCUT2D eigenvalue weighted by molar-refractivity contribution is 6.29. The second-order valence-corrected chi connectivity index (χ2v) is 8.86. The van der Waals surface area contributed by atoms with E-state index in [1.165, 1.54) is 24.9 Å². The fourth-order valence-electron chi connectivity index (χ4n) is 5.12. The fraction of sp³-hybridized carbons (Fsp3) is 0.500. The average molecular weight is 369 g/mol. The number of aromatic amines is 1. The molecule has 0 aromatic carbocycles. The molecule has 6 rings (SSSR count). The number of rotatable bonds is 2. The minimum atomic E-state index is 0.0481. The van der Waals surface area contributed by atoms with Gasteiger partial charge in [-0.25, -0.2) is 4.98 Å². The zero-order valence-electron chi connectivity index (χ0n) is 14.6. The van der Waals surface area contributed by atoms with Gasteiger partial charge >= 0.3 is 0 Å². The van der Waals surface area contributed by atoms with Gasteiger partial charge in [0, 0.05) is 43.6 Å². The number of hydrogen-bond acceptors (Lipinski definition) is 3. The van der Waals surface area contributed by atoms with Crippen molar-refractivity contribution < 1.29 is 4.79 Å². The Labute approximate surface area is 157 Å². The molecule has 2 aromatic rings. The number of H-pyrrole nitrogens is 1. The summed E-state index contributed by atoms with van der Waals surface area (Å²) < 4.78 is 0. The second-order valence-electron chi connectivity index (χ2n) is 8.47. The van der Waals surface area contributed by atoms with E-state index < -0.39 is 0 Å². The van der Waals surface area contributed by atoms with E-state index in [1.807, 2.05) is 12.3 Å². The summed E-state index contributed by atoms with van der Waals surface area (Å²) in [7, 11) is 0. The van der Waals surface area contributed by atoms with Crippen LogP contribution in [-0.2, 0) is 18.3 Å². The first-order valence-corrected chi connectivity index (χ1v) is 9.91. The van der Waals surface area contributed by atoms with E-state index in [4.69, 9.17) is 11.6 Å². The van der Waals surface area contributed by atoms with E-state index in [-0.39, 0.29) is 11.3 Å². The van der Waals surface area contributed by atoms with Crippen LogP contribution in [0.5, 0.6) is 0 Å². The quantitative estimate of drug-likeness (QED) is 0.801. The van der Waals surface area contributed by atoms with Crippen LogP contribution in [0.4, 0.5) is 0 Å². The molecule has 0 radical (unpaired) electrons. The Kier molecular flexibility index (Phi) is 2.99. The van der Waals surface area contributed by atoms with Crippen molar-refractivity contribution in [1.29, 1.82) is 0 Å². The Morgan fingerprint density at radius 1 is 1.31 bits per heavy atom. The monoisotopic (exact) mass is 368 g/mol. The zero-order chi connectivity index (χ0) is 17.5. The van der Waals surface area contributed by atoms with Gasteiger partial charge in [0.2, 0.25) is 0 Å². The standard InChI is InChI=1S/C20H21ClN4O/c21-15-5-14-12(6-22-15)3-4-13-16-18(24-17(13)14)20(8-23-19(16)26)9-25(10-20)7-11-1-2-11/h5-6,11,24H,1-4,7-10H2,(H,23,26). The fourth-order valence-corrected chi connectivity index (χ4v) is 5.28. The highest BCUT2D eigenvalue weighted by atomic mass is 35.5. The Morgan fingerprint density at radius 2 is 2.15 bits per heavy atom. The number of aryl methyl sites for hydroxylation is 1. The number of fused-ring (bicyclic) bond motifs is 6. The van der Waals surface area contributed by atoms with Gasteiger partial charge < -0.3 is 15.2 Å². The van der Waals surface area contributed by atoms with Crippen LogP contribution in [0, 0.1) is 5.92 Å². The Hall–Kier alpha value is -1.85. The van der Waals surface area contributed by atoms with Crippen LogP contribution in [0.1, 0.15) is 40.0 Å². The Balaban J connectivity index is 1.44. The lowest BCUT2D eigenvalue weighted by Gasteiger charge is -2.52. The smallest absolute Gasteiger partial charge is 0.253 e. The normalized spacial score (nSPS) is 23.0. The largest absolute Gasteiger partial charge is 0.357 e. The number of amides is 1. The highest BCUT2D eigenvalue weighted by Crippen LogP contribution is 2.45. The van der Waals surface area contributed by atoms with Crippen LogP contribution in [0.25, 0.3) is 11.3 Å². The lowest BCUT2D eigenvalue weighted by Crippen LogP contribution is -2.66. The molecule has 0 bridgehead atoms. The van der Waals surface area contributed by atoms with E-state index in [0.29, 0.717) is 5.15 Å². The molecule has 2 aliphatic carbocycles. The molecule has 1 saturated carbocycles. The summed E-state index contributed by atoms with van der Waals surface area (Å²) >= 11 is 6.16. The first-order valence-electron chi connectivity index (χ1n) is 9.54. The third-order valence-corrected chi connectivity index (χ3v) is 6.79. The summed E-state index contributed by atoms with van der Waals surface area (Å²) in [5.41, 5.74) is 6.66. The van der Waals surface area contributed by atoms with Gasteiger partial charge in [-0.05, 0) is 48.8 Å². The number of carbonyl (C=O) groups is 1. The highest BCUT2D eigenvalue weighted by Gasteiger charge is 2.51. The molecule has 2 fully saturated rings. The van der Waals surface area contributed by atoms with Crippen molar-refractivity contribution in [2.45, 2.75) is 31.1 Å².